The zero-order chi connectivity index (χ0) is 12.5. The summed E-state index contributed by atoms with van der Waals surface area (Å²) in [5.74, 6) is 0.986. The average Bonchev–Trinajstić information content (AvgIpc) is 2.35. The third-order valence-electron chi connectivity index (χ3n) is 2.81. The molecule has 0 aromatic heterocycles. The molecular weight excluding hydrogens is 278 g/mol. The van der Waals surface area contributed by atoms with Crippen molar-refractivity contribution in [2.45, 2.75) is 25.8 Å². The monoisotopic (exact) mass is 299 g/mol. The van der Waals surface area contributed by atoms with Crippen LogP contribution < -0.4 is 4.74 Å². The van der Waals surface area contributed by atoms with Gasteiger partial charge in [-0.1, -0.05) is 40.5 Å². The lowest BCUT2D eigenvalue weighted by atomic mass is 10.2. The van der Waals surface area contributed by atoms with Crippen LogP contribution in [0, 0.1) is 0 Å². The SMILES string of the molecule is COc1ccccc1CN(C)CCCCCBr. The van der Waals surface area contributed by atoms with Crippen molar-refractivity contribution in [2.75, 3.05) is 26.0 Å². The van der Waals surface area contributed by atoms with Crippen molar-refractivity contribution in [3.63, 3.8) is 0 Å². The first kappa shape index (κ1) is 14.5. The van der Waals surface area contributed by atoms with E-state index in [4.69, 9.17) is 4.74 Å². The van der Waals surface area contributed by atoms with Gasteiger partial charge in [0.05, 0.1) is 7.11 Å². The van der Waals surface area contributed by atoms with Crippen LogP contribution in [0.1, 0.15) is 24.8 Å². The Labute approximate surface area is 113 Å². The molecule has 1 aromatic carbocycles. The molecule has 0 aliphatic heterocycles. The topological polar surface area (TPSA) is 12.5 Å². The summed E-state index contributed by atoms with van der Waals surface area (Å²) in [6.45, 7) is 2.10. The van der Waals surface area contributed by atoms with Crippen molar-refractivity contribution in [2.24, 2.45) is 0 Å². The number of methoxy groups -OCH3 is 1. The number of rotatable bonds is 8. The predicted molar refractivity (Wildman–Crippen MR) is 77.0 cm³/mol. The number of hydrogen-bond donors (Lipinski definition) is 0. The fourth-order valence-electron chi connectivity index (χ4n) is 1.86. The minimum Gasteiger partial charge on any atom is -0.496 e. The molecule has 0 saturated heterocycles. The van der Waals surface area contributed by atoms with Crippen LogP contribution in [0.25, 0.3) is 0 Å². The van der Waals surface area contributed by atoms with E-state index in [1.165, 1.54) is 24.8 Å². The van der Waals surface area contributed by atoms with Crippen molar-refractivity contribution in [1.82, 2.24) is 4.90 Å². The number of alkyl halides is 1. The number of benzene rings is 1. The summed E-state index contributed by atoms with van der Waals surface area (Å²) in [6.07, 6.45) is 3.82. The minimum atomic E-state index is 0.957. The van der Waals surface area contributed by atoms with E-state index in [9.17, 15) is 0 Å². The van der Waals surface area contributed by atoms with E-state index in [-0.39, 0.29) is 0 Å². The highest BCUT2D eigenvalue weighted by molar-refractivity contribution is 9.09. The lowest BCUT2D eigenvalue weighted by Gasteiger charge is -2.18. The van der Waals surface area contributed by atoms with Crippen LogP contribution >= 0.6 is 15.9 Å². The Bertz CT molecular complexity index is 317. The molecular formula is C14H22BrNO. The van der Waals surface area contributed by atoms with E-state index in [1.54, 1.807) is 7.11 Å². The second-order valence-electron chi connectivity index (χ2n) is 4.30. The van der Waals surface area contributed by atoms with Crippen LogP contribution in [0.4, 0.5) is 0 Å². The lowest BCUT2D eigenvalue weighted by Crippen LogP contribution is -2.19. The summed E-state index contributed by atoms with van der Waals surface area (Å²) in [5.41, 5.74) is 1.26. The van der Waals surface area contributed by atoms with Gasteiger partial charge >= 0.3 is 0 Å². The maximum absolute atomic E-state index is 5.36. The molecule has 0 fully saturated rings. The van der Waals surface area contributed by atoms with E-state index in [1.807, 2.05) is 12.1 Å². The van der Waals surface area contributed by atoms with Crippen molar-refractivity contribution in [3.05, 3.63) is 29.8 Å². The summed E-state index contributed by atoms with van der Waals surface area (Å²) >= 11 is 3.46. The Balaban J connectivity index is 2.36. The molecule has 2 nitrogen and oxygen atoms in total. The second kappa shape index (κ2) is 8.54. The molecule has 0 atom stereocenters. The molecule has 0 unspecified atom stereocenters. The number of ether oxygens (including phenoxy) is 1. The Kier molecular flexibility index (Phi) is 7.29. The molecule has 0 aliphatic rings. The summed E-state index contributed by atoms with van der Waals surface area (Å²) in [4.78, 5) is 2.35. The second-order valence-corrected chi connectivity index (χ2v) is 5.09. The van der Waals surface area contributed by atoms with Gasteiger partial charge in [0, 0.05) is 17.4 Å². The van der Waals surface area contributed by atoms with Gasteiger partial charge in [-0.2, -0.15) is 0 Å². The Morgan fingerprint density at radius 1 is 1.18 bits per heavy atom. The zero-order valence-corrected chi connectivity index (χ0v) is 12.4. The van der Waals surface area contributed by atoms with Gasteiger partial charge in [-0.15, -0.1) is 0 Å². The van der Waals surface area contributed by atoms with Gasteiger partial charge in [0.2, 0.25) is 0 Å². The van der Waals surface area contributed by atoms with E-state index in [2.05, 4.69) is 40.0 Å². The van der Waals surface area contributed by atoms with Gasteiger partial charge in [-0.25, -0.2) is 0 Å². The maximum atomic E-state index is 5.36. The number of halogens is 1. The van der Waals surface area contributed by atoms with Gasteiger partial charge in [-0.3, -0.25) is 0 Å². The van der Waals surface area contributed by atoms with Crippen molar-refractivity contribution < 1.29 is 4.74 Å². The standard InChI is InChI=1S/C14H22BrNO/c1-16(11-7-3-6-10-15)12-13-8-4-5-9-14(13)17-2/h4-5,8-9H,3,6-7,10-12H2,1-2H3. The number of unbranched alkanes of at least 4 members (excludes halogenated alkanes) is 2. The number of para-hydroxylation sites is 1. The molecule has 3 heteroatoms. The average molecular weight is 300 g/mol. The van der Waals surface area contributed by atoms with E-state index < -0.39 is 0 Å². The van der Waals surface area contributed by atoms with Crippen LogP contribution in [0.15, 0.2) is 24.3 Å². The van der Waals surface area contributed by atoms with Crippen LogP contribution in [0.5, 0.6) is 5.75 Å². The summed E-state index contributed by atoms with van der Waals surface area (Å²) < 4.78 is 5.36. The lowest BCUT2D eigenvalue weighted by molar-refractivity contribution is 0.310. The van der Waals surface area contributed by atoms with E-state index >= 15 is 0 Å². The number of nitrogens with zero attached hydrogens (tertiary/aromatic N) is 1. The fourth-order valence-corrected chi connectivity index (χ4v) is 2.25. The quantitative estimate of drug-likeness (QED) is 0.536. The van der Waals surface area contributed by atoms with E-state index in [0.717, 1.165) is 24.2 Å². The third-order valence-corrected chi connectivity index (χ3v) is 3.37. The summed E-state index contributed by atoms with van der Waals surface area (Å²) in [7, 11) is 3.90. The first-order valence-electron chi connectivity index (χ1n) is 6.14. The molecule has 0 aliphatic carbocycles. The minimum absolute atomic E-state index is 0.957. The predicted octanol–water partition coefficient (Wildman–Crippen LogP) is 3.69. The van der Waals surface area contributed by atoms with Crippen LogP contribution in [-0.2, 0) is 6.54 Å². The van der Waals surface area contributed by atoms with Gasteiger partial charge in [-0.05, 0) is 32.5 Å². The zero-order valence-electron chi connectivity index (χ0n) is 10.8. The summed E-state index contributed by atoms with van der Waals surface area (Å²) in [5, 5.41) is 1.11. The smallest absolute Gasteiger partial charge is 0.123 e. The molecule has 0 amide bonds. The highest BCUT2D eigenvalue weighted by atomic mass is 79.9. The third kappa shape index (κ3) is 5.55. The molecule has 1 aromatic rings. The van der Waals surface area contributed by atoms with Crippen LogP contribution in [0.3, 0.4) is 0 Å². The highest BCUT2D eigenvalue weighted by Gasteiger charge is 2.04. The van der Waals surface area contributed by atoms with Crippen molar-refractivity contribution in [3.8, 4) is 5.75 Å². The fraction of sp³-hybridized carbons (Fsp3) is 0.571. The van der Waals surface area contributed by atoms with Gasteiger partial charge in [0.15, 0.2) is 0 Å². The largest absolute Gasteiger partial charge is 0.496 e. The Morgan fingerprint density at radius 3 is 2.65 bits per heavy atom. The van der Waals surface area contributed by atoms with Crippen molar-refractivity contribution >= 4 is 15.9 Å². The maximum Gasteiger partial charge on any atom is 0.123 e. The normalized spacial score (nSPS) is 10.8. The molecule has 17 heavy (non-hydrogen) atoms. The van der Waals surface area contributed by atoms with Gasteiger partial charge < -0.3 is 9.64 Å². The first-order chi connectivity index (χ1) is 8.27. The van der Waals surface area contributed by atoms with Gasteiger partial charge in [0.25, 0.3) is 0 Å². The highest BCUT2D eigenvalue weighted by Crippen LogP contribution is 2.18. The Morgan fingerprint density at radius 2 is 1.94 bits per heavy atom. The molecule has 1 rings (SSSR count). The first-order valence-corrected chi connectivity index (χ1v) is 7.26. The molecule has 0 radical (unpaired) electrons. The van der Waals surface area contributed by atoms with Crippen LogP contribution in [-0.4, -0.2) is 30.9 Å². The van der Waals surface area contributed by atoms with Crippen LogP contribution in [0.2, 0.25) is 0 Å². The molecule has 96 valence electrons. The molecule has 0 heterocycles. The summed E-state index contributed by atoms with van der Waals surface area (Å²) in [6, 6.07) is 8.23. The molecule has 0 N–H and O–H groups in total. The molecule has 0 bridgehead atoms. The molecule has 0 spiro atoms. The van der Waals surface area contributed by atoms with Crippen molar-refractivity contribution in [1.29, 1.82) is 0 Å². The molecule has 0 saturated carbocycles. The van der Waals surface area contributed by atoms with E-state index in [0.29, 0.717) is 0 Å². The van der Waals surface area contributed by atoms with Gasteiger partial charge in [0.1, 0.15) is 5.75 Å². The number of hydrogen-bond acceptors (Lipinski definition) is 2. The Hall–Kier alpha value is -0.540.